The van der Waals surface area contributed by atoms with Gasteiger partial charge in [0.05, 0.1) is 6.61 Å². The Hall–Kier alpha value is -1.36. The normalized spacial score (nSPS) is 17.0. The van der Waals surface area contributed by atoms with E-state index in [2.05, 4.69) is 5.32 Å². The van der Waals surface area contributed by atoms with E-state index in [9.17, 15) is 9.59 Å². The molecular formula is C12H19NO4. The molecule has 5 nitrogen and oxygen atoms in total. The van der Waals surface area contributed by atoms with Crippen molar-refractivity contribution in [1.29, 1.82) is 0 Å². The lowest BCUT2D eigenvalue weighted by Gasteiger charge is -2.12. The third kappa shape index (κ3) is 6.06. The largest absolute Gasteiger partial charge is 0.480 e. The number of hydrogen-bond donors (Lipinski definition) is 2. The molecule has 5 heteroatoms. The van der Waals surface area contributed by atoms with Crippen LogP contribution in [0.15, 0.2) is 12.2 Å². The van der Waals surface area contributed by atoms with Crippen LogP contribution in [0, 0.1) is 5.92 Å². The summed E-state index contributed by atoms with van der Waals surface area (Å²) >= 11 is 0. The van der Waals surface area contributed by atoms with Crippen LogP contribution in [0.5, 0.6) is 0 Å². The van der Waals surface area contributed by atoms with Crippen molar-refractivity contribution in [3.05, 3.63) is 12.2 Å². The summed E-state index contributed by atoms with van der Waals surface area (Å²) in [6.07, 6.45) is 6.09. The number of amides is 1. The lowest BCUT2D eigenvalue weighted by Crippen LogP contribution is -2.42. The van der Waals surface area contributed by atoms with E-state index in [1.807, 2.05) is 0 Å². The fraction of sp³-hybridized carbons (Fsp3) is 0.667. The number of aliphatic carboxylic acids is 1. The molecule has 17 heavy (non-hydrogen) atoms. The van der Waals surface area contributed by atoms with Gasteiger partial charge in [0, 0.05) is 0 Å². The van der Waals surface area contributed by atoms with E-state index in [0.29, 0.717) is 18.9 Å². The van der Waals surface area contributed by atoms with Crippen LogP contribution in [0.1, 0.15) is 26.2 Å². The van der Waals surface area contributed by atoms with Crippen molar-refractivity contribution in [2.24, 2.45) is 5.92 Å². The zero-order valence-corrected chi connectivity index (χ0v) is 10.0. The predicted octanol–water partition coefficient (Wildman–Crippen LogP) is 0.949. The molecule has 0 aromatic rings. The van der Waals surface area contributed by atoms with Crippen molar-refractivity contribution in [2.45, 2.75) is 32.2 Å². The third-order valence-corrected chi connectivity index (χ3v) is 2.52. The van der Waals surface area contributed by atoms with Gasteiger partial charge in [-0.2, -0.15) is 0 Å². The molecule has 1 atom stereocenters. The first kappa shape index (κ1) is 13.7. The second-order valence-corrected chi connectivity index (χ2v) is 4.22. The standard InChI is InChI=1S/C12H19NO4/c1-2-3-4-10(12(15)16)13-11(14)8-17-7-9-5-6-9/h2-3,9-10H,4-8H2,1H3,(H,13,14)(H,15,16)/b3-2+. The predicted molar refractivity (Wildman–Crippen MR) is 62.5 cm³/mol. The summed E-state index contributed by atoms with van der Waals surface area (Å²) in [5.41, 5.74) is 0. The Morgan fingerprint density at radius 3 is 2.76 bits per heavy atom. The molecule has 1 fully saturated rings. The Bertz CT molecular complexity index is 297. The highest BCUT2D eigenvalue weighted by molar-refractivity contribution is 5.84. The minimum atomic E-state index is -1.03. The molecule has 1 aliphatic rings. The van der Waals surface area contributed by atoms with Gasteiger partial charge in [-0.1, -0.05) is 12.2 Å². The van der Waals surface area contributed by atoms with Crippen molar-refractivity contribution in [1.82, 2.24) is 5.32 Å². The van der Waals surface area contributed by atoms with Gasteiger partial charge in [0.1, 0.15) is 12.6 Å². The van der Waals surface area contributed by atoms with Crippen molar-refractivity contribution in [2.75, 3.05) is 13.2 Å². The number of nitrogens with one attached hydrogen (secondary N) is 1. The first-order valence-electron chi connectivity index (χ1n) is 5.84. The number of carboxylic acids is 1. The van der Waals surface area contributed by atoms with Crippen molar-refractivity contribution < 1.29 is 19.4 Å². The van der Waals surface area contributed by atoms with Crippen LogP contribution in [0.2, 0.25) is 0 Å². The topological polar surface area (TPSA) is 75.6 Å². The number of carboxylic acid groups (broad SMARTS) is 1. The molecular weight excluding hydrogens is 222 g/mol. The Morgan fingerprint density at radius 2 is 2.24 bits per heavy atom. The average molecular weight is 241 g/mol. The van der Waals surface area contributed by atoms with E-state index < -0.39 is 12.0 Å². The molecule has 0 aromatic heterocycles. The maximum absolute atomic E-state index is 11.4. The Labute approximate surface area is 101 Å². The maximum atomic E-state index is 11.4. The van der Waals surface area contributed by atoms with Gasteiger partial charge in [0.15, 0.2) is 0 Å². The second kappa shape index (κ2) is 7.06. The van der Waals surface area contributed by atoms with Gasteiger partial charge >= 0.3 is 5.97 Å². The molecule has 1 rings (SSSR count). The van der Waals surface area contributed by atoms with Crippen molar-refractivity contribution >= 4 is 11.9 Å². The number of ether oxygens (including phenoxy) is 1. The Morgan fingerprint density at radius 1 is 1.53 bits per heavy atom. The quantitative estimate of drug-likeness (QED) is 0.620. The number of carbonyl (C=O) groups is 2. The van der Waals surface area contributed by atoms with E-state index >= 15 is 0 Å². The monoisotopic (exact) mass is 241 g/mol. The molecule has 96 valence electrons. The summed E-state index contributed by atoms with van der Waals surface area (Å²) in [4.78, 5) is 22.2. The van der Waals surface area contributed by atoms with E-state index in [-0.39, 0.29) is 12.5 Å². The third-order valence-electron chi connectivity index (χ3n) is 2.52. The summed E-state index contributed by atoms with van der Waals surface area (Å²) in [6.45, 7) is 2.34. The van der Waals surface area contributed by atoms with Gasteiger partial charge in [0.2, 0.25) is 5.91 Å². The van der Waals surface area contributed by atoms with Gasteiger partial charge in [0.25, 0.3) is 0 Å². The van der Waals surface area contributed by atoms with E-state index in [0.717, 1.165) is 0 Å². The molecule has 0 aliphatic heterocycles. The highest BCUT2D eigenvalue weighted by Crippen LogP contribution is 2.28. The number of rotatable bonds is 8. The van der Waals surface area contributed by atoms with Crippen molar-refractivity contribution in [3.8, 4) is 0 Å². The van der Waals surface area contributed by atoms with Crippen LogP contribution in [0.4, 0.5) is 0 Å². The zero-order valence-electron chi connectivity index (χ0n) is 10.0. The molecule has 0 radical (unpaired) electrons. The molecule has 1 saturated carbocycles. The molecule has 1 unspecified atom stereocenters. The van der Waals surface area contributed by atoms with E-state index in [1.165, 1.54) is 12.8 Å². The fourth-order valence-electron chi connectivity index (χ4n) is 1.33. The van der Waals surface area contributed by atoms with Gasteiger partial charge in [-0.3, -0.25) is 4.79 Å². The molecule has 0 aromatic carbocycles. The molecule has 2 N–H and O–H groups in total. The first-order chi connectivity index (χ1) is 8.13. The van der Waals surface area contributed by atoms with Crippen LogP contribution in [0.3, 0.4) is 0 Å². The van der Waals surface area contributed by atoms with Gasteiger partial charge in [-0.15, -0.1) is 0 Å². The van der Waals surface area contributed by atoms with E-state index in [1.54, 1.807) is 19.1 Å². The van der Waals surface area contributed by atoms with Crippen molar-refractivity contribution in [3.63, 3.8) is 0 Å². The zero-order chi connectivity index (χ0) is 12.7. The average Bonchev–Trinajstić information content (AvgIpc) is 3.07. The maximum Gasteiger partial charge on any atom is 0.326 e. The molecule has 0 heterocycles. The lowest BCUT2D eigenvalue weighted by atomic mass is 10.2. The second-order valence-electron chi connectivity index (χ2n) is 4.22. The Kier molecular flexibility index (Phi) is 5.69. The van der Waals surface area contributed by atoms with Gasteiger partial charge < -0.3 is 15.2 Å². The lowest BCUT2D eigenvalue weighted by molar-refractivity contribution is -0.142. The minimum absolute atomic E-state index is 0.0594. The molecule has 1 aliphatic carbocycles. The molecule has 0 spiro atoms. The summed E-state index contributed by atoms with van der Waals surface area (Å²) in [5.74, 6) is -0.803. The number of carbonyl (C=O) groups excluding carboxylic acids is 1. The summed E-state index contributed by atoms with van der Waals surface area (Å²) in [5, 5.41) is 11.3. The van der Waals surface area contributed by atoms with Crippen LogP contribution in [0.25, 0.3) is 0 Å². The summed E-state index contributed by atoms with van der Waals surface area (Å²) in [6, 6.07) is -0.872. The van der Waals surface area contributed by atoms with Crippen LogP contribution < -0.4 is 5.32 Å². The highest BCUT2D eigenvalue weighted by atomic mass is 16.5. The van der Waals surface area contributed by atoms with Crippen LogP contribution in [-0.4, -0.2) is 36.2 Å². The SMILES string of the molecule is C/C=C/CC(NC(=O)COCC1CC1)C(=O)O. The van der Waals surface area contributed by atoms with Gasteiger partial charge in [-0.05, 0) is 32.1 Å². The van der Waals surface area contributed by atoms with Crippen LogP contribution >= 0.6 is 0 Å². The first-order valence-corrected chi connectivity index (χ1v) is 5.84. The van der Waals surface area contributed by atoms with Gasteiger partial charge in [-0.25, -0.2) is 4.79 Å². The molecule has 0 saturated heterocycles. The van der Waals surface area contributed by atoms with E-state index in [4.69, 9.17) is 9.84 Å². The van der Waals surface area contributed by atoms with Crippen LogP contribution in [-0.2, 0) is 14.3 Å². The fourth-order valence-corrected chi connectivity index (χ4v) is 1.33. The number of allylic oxidation sites excluding steroid dienone is 1. The highest BCUT2D eigenvalue weighted by Gasteiger charge is 2.22. The molecule has 1 amide bonds. The Balaban J connectivity index is 2.21. The number of hydrogen-bond acceptors (Lipinski definition) is 3. The molecule has 0 bridgehead atoms. The summed E-state index contributed by atoms with van der Waals surface area (Å²) in [7, 11) is 0. The smallest absolute Gasteiger partial charge is 0.326 e. The summed E-state index contributed by atoms with van der Waals surface area (Å²) < 4.78 is 5.18. The minimum Gasteiger partial charge on any atom is -0.480 e.